The Hall–Kier alpha value is -1.13. The zero-order valence-corrected chi connectivity index (χ0v) is 8.05. The predicted octanol–water partition coefficient (Wildman–Crippen LogP) is 1.86. The Kier molecular flexibility index (Phi) is 4.35. The van der Waals surface area contributed by atoms with Crippen LogP contribution in [0.4, 0.5) is 4.48 Å². The Labute approximate surface area is 85.8 Å². The third-order valence-electron chi connectivity index (χ3n) is 1.52. The molecule has 1 aromatic carbocycles. The lowest BCUT2D eigenvalue weighted by Gasteiger charge is -2.03. The highest BCUT2D eigenvalue weighted by atomic mass is 35.5. The number of hydrogen-bond acceptors (Lipinski definition) is 3. The lowest BCUT2D eigenvalue weighted by Crippen LogP contribution is -2.17. The molecule has 0 saturated heterocycles. The van der Waals surface area contributed by atoms with Crippen molar-refractivity contribution in [3.8, 4) is 0 Å². The fraction of sp³-hybridized carbons (Fsp3) is 0.222. The molecule has 0 atom stereocenters. The van der Waals surface area contributed by atoms with E-state index in [2.05, 4.69) is 0 Å². The number of halogens is 2. The minimum atomic E-state index is -0.637. The zero-order valence-electron chi connectivity index (χ0n) is 7.30. The second-order valence-corrected chi connectivity index (χ2v) is 3.03. The maximum absolute atomic E-state index is 11.5. The Bertz CT molecular complexity index is 302. The Balaban J connectivity index is 2.38. The van der Waals surface area contributed by atoms with Gasteiger partial charge < -0.3 is 4.74 Å². The van der Waals surface area contributed by atoms with Crippen LogP contribution in [-0.4, -0.2) is 12.5 Å². The van der Waals surface area contributed by atoms with Crippen molar-refractivity contribution >= 4 is 17.6 Å². The average Bonchev–Trinajstić information content (AvgIpc) is 2.17. The molecule has 0 aliphatic rings. The molecule has 0 amide bonds. The van der Waals surface area contributed by atoms with E-state index in [1.54, 1.807) is 24.3 Å². The van der Waals surface area contributed by atoms with Gasteiger partial charge in [-0.25, -0.2) is 0 Å². The van der Waals surface area contributed by atoms with Crippen LogP contribution in [0.3, 0.4) is 0 Å². The van der Waals surface area contributed by atoms with Crippen molar-refractivity contribution in [2.24, 2.45) is 0 Å². The van der Waals surface area contributed by atoms with Gasteiger partial charge in [-0.2, -0.15) is 0 Å². The molecule has 0 unspecified atom stereocenters. The van der Waals surface area contributed by atoms with Gasteiger partial charge in [-0.05, 0) is 17.7 Å². The van der Waals surface area contributed by atoms with Crippen LogP contribution < -0.4 is 5.54 Å². The van der Waals surface area contributed by atoms with E-state index in [-0.39, 0.29) is 6.61 Å². The van der Waals surface area contributed by atoms with Gasteiger partial charge in [0.2, 0.25) is 0 Å². The number of esters is 1. The topological polar surface area (TPSA) is 38.3 Å². The minimum Gasteiger partial charge on any atom is -0.460 e. The van der Waals surface area contributed by atoms with Crippen LogP contribution in [-0.2, 0) is 16.1 Å². The van der Waals surface area contributed by atoms with Crippen LogP contribution >= 0.6 is 11.6 Å². The first-order valence-electron chi connectivity index (χ1n) is 3.96. The number of hydrogen-bond donors (Lipinski definition) is 1. The molecular weight excluding hydrogens is 209 g/mol. The van der Waals surface area contributed by atoms with Crippen molar-refractivity contribution in [3.05, 3.63) is 34.9 Å². The standard InChI is InChI=1S/C9H9ClFNO2/c10-8-3-1-7(2-4-8)6-14-9(13)5-12-11/h1-4,12H,5-6H2. The summed E-state index contributed by atoms with van der Waals surface area (Å²) < 4.78 is 16.2. The van der Waals surface area contributed by atoms with E-state index in [1.165, 1.54) is 5.54 Å². The molecule has 0 heterocycles. The van der Waals surface area contributed by atoms with Crippen molar-refractivity contribution in [3.63, 3.8) is 0 Å². The molecule has 3 nitrogen and oxygen atoms in total. The maximum Gasteiger partial charge on any atom is 0.322 e. The Morgan fingerprint density at radius 3 is 2.64 bits per heavy atom. The highest BCUT2D eigenvalue weighted by molar-refractivity contribution is 6.30. The molecule has 5 heteroatoms. The van der Waals surface area contributed by atoms with Crippen molar-refractivity contribution in [2.75, 3.05) is 6.54 Å². The van der Waals surface area contributed by atoms with E-state index in [0.717, 1.165) is 5.56 Å². The quantitative estimate of drug-likeness (QED) is 0.618. The van der Waals surface area contributed by atoms with Crippen molar-refractivity contribution in [1.82, 2.24) is 5.54 Å². The maximum atomic E-state index is 11.5. The molecular formula is C9H9ClFNO2. The summed E-state index contributed by atoms with van der Waals surface area (Å²) in [5.74, 6) is -0.637. The molecule has 0 aliphatic carbocycles. The van der Waals surface area contributed by atoms with E-state index >= 15 is 0 Å². The summed E-state index contributed by atoms with van der Waals surface area (Å²) in [6.07, 6.45) is 0. The number of nitrogens with one attached hydrogen (secondary N) is 1. The smallest absolute Gasteiger partial charge is 0.322 e. The van der Waals surface area contributed by atoms with E-state index in [0.29, 0.717) is 5.02 Å². The van der Waals surface area contributed by atoms with E-state index in [4.69, 9.17) is 16.3 Å². The summed E-state index contributed by atoms with van der Waals surface area (Å²) in [5, 5.41) is 0.616. The number of ether oxygens (including phenoxy) is 1. The molecule has 76 valence electrons. The molecule has 0 bridgehead atoms. The average molecular weight is 218 g/mol. The highest BCUT2D eigenvalue weighted by Crippen LogP contribution is 2.10. The molecule has 1 aromatic rings. The summed E-state index contributed by atoms with van der Waals surface area (Å²) in [6, 6.07) is 6.85. The molecule has 0 aliphatic heterocycles. The molecule has 0 fully saturated rings. The van der Waals surface area contributed by atoms with Crippen molar-refractivity contribution in [1.29, 1.82) is 0 Å². The summed E-state index contributed by atoms with van der Waals surface area (Å²) in [5.41, 5.74) is 2.02. The van der Waals surface area contributed by atoms with E-state index in [9.17, 15) is 9.28 Å². The number of rotatable bonds is 4. The number of carbonyl (C=O) groups is 1. The monoisotopic (exact) mass is 217 g/mol. The van der Waals surface area contributed by atoms with Gasteiger partial charge in [-0.3, -0.25) is 4.79 Å². The predicted molar refractivity (Wildman–Crippen MR) is 50.4 cm³/mol. The summed E-state index contributed by atoms with van der Waals surface area (Å²) in [6.45, 7) is -0.314. The molecule has 0 spiro atoms. The van der Waals surface area contributed by atoms with Crippen LogP contribution in [0.25, 0.3) is 0 Å². The first kappa shape index (κ1) is 10.9. The van der Waals surface area contributed by atoms with Crippen molar-refractivity contribution in [2.45, 2.75) is 6.61 Å². The first-order chi connectivity index (χ1) is 6.72. The van der Waals surface area contributed by atoms with Gasteiger partial charge >= 0.3 is 5.97 Å². The van der Waals surface area contributed by atoms with Gasteiger partial charge in [-0.1, -0.05) is 23.7 Å². The fourth-order valence-corrected chi connectivity index (χ4v) is 0.976. The number of benzene rings is 1. The van der Waals surface area contributed by atoms with E-state index < -0.39 is 12.5 Å². The summed E-state index contributed by atoms with van der Waals surface area (Å²) >= 11 is 5.66. The van der Waals surface area contributed by atoms with Crippen LogP contribution in [0.5, 0.6) is 0 Å². The summed E-state index contributed by atoms with van der Waals surface area (Å²) in [4.78, 5) is 10.7. The fourth-order valence-electron chi connectivity index (χ4n) is 0.850. The van der Waals surface area contributed by atoms with Gasteiger partial charge in [0.15, 0.2) is 0 Å². The molecule has 1 rings (SSSR count). The van der Waals surface area contributed by atoms with Crippen LogP contribution in [0, 0.1) is 0 Å². The van der Waals surface area contributed by atoms with Crippen LogP contribution in [0.1, 0.15) is 5.56 Å². The lowest BCUT2D eigenvalue weighted by atomic mass is 10.2. The molecule has 0 saturated carbocycles. The SMILES string of the molecule is O=C(CNF)OCc1ccc(Cl)cc1. The minimum absolute atomic E-state index is 0.123. The van der Waals surface area contributed by atoms with Crippen molar-refractivity contribution < 1.29 is 14.0 Å². The summed E-state index contributed by atoms with van der Waals surface area (Å²) in [7, 11) is 0. The second-order valence-electron chi connectivity index (χ2n) is 2.60. The number of carbonyl (C=O) groups excluding carboxylic acids is 1. The molecule has 14 heavy (non-hydrogen) atoms. The normalized spacial score (nSPS) is 9.86. The third kappa shape index (κ3) is 3.72. The van der Waals surface area contributed by atoms with Gasteiger partial charge in [0.05, 0.1) is 0 Å². The van der Waals surface area contributed by atoms with Crippen LogP contribution in [0.2, 0.25) is 5.02 Å². The second kappa shape index (κ2) is 5.57. The lowest BCUT2D eigenvalue weighted by molar-refractivity contribution is -0.144. The molecule has 0 radical (unpaired) electrons. The van der Waals surface area contributed by atoms with Gasteiger partial charge in [0.1, 0.15) is 13.2 Å². The Morgan fingerprint density at radius 1 is 1.43 bits per heavy atom. The van der Waals surface area contributed by atoms with Gasteiger partial charge in [-0.15, -0.1) is 10.0 Å². The third-order valence-corrected chi connectivity index (χ3v) is 1.78. The van der Waals surface area contributed by atoms with Crippen LogP contribution in [0.15, 0.2) is 24.3 Å². The molecule has 0 aromatic heterocycles. The van der Waals surface area contributed by atoms with E-state index in [1.807, 2.05) is 0 Å². The van der Waals surface area contributed by atoms with Gasteiger partial charge in [0.25, 0.3) is 0 Å². The van der Waals surface area contributed by atoms with Gasteiger partial charge in [0, 0.05) is 5.02 Å². The largest absolute Gasteiger partial charge is 0.460 e. The zero-order chi connectivity index (χ0) is 10.4. The molecule has 1 N–H and O–H groups in total. The first-order valence-corrected chi connectivity index (χ1v) is 4.33. The highest BCUT2D eigenvalue weighted by Gasteiger charge is 2.01. The Morgan fingerprint density at radius 2 is 2.07 bits per heavy atom.